The molecule has 38 heavy (non-hydrogen) atoms. The Bertz CT molecular complexity index is 1420. The molecule has 3 heterocycles. The van der Waals surface area contributed by atoms with Gasteiger partial charge in [-0.3, -0.25) is 9.48 Å². The van der Waals surface area contributed by atoms with E-state index in [9.17, 15) is 35.2 Å². The van der Waals surface area contributed by atoms with Crippen molar-refractivity contribution in [3.8, 4) is 0 Å². The number of anilines is 1. The molecule has 1 aliphatic heterocycles. The standard InChI is InChI=1S/C21H21ClF5N7O3S/c22-15-8-13(1-2-16(15)38(36,37)34-5-3-28-4-6-34)31-20(35)19-29-9-14(30-19)7-12-10-33(11-17(23)24)32-18(12)21(25,26)27/h1-2,8-10,17,28H,3-7,11H2,(H,29,30)(H,31,35). The lowest BCUT2D eigenvalue weighted by Gasteiger charge is -2.27. The van der Waals surface area contributed by atoms with E-state index in [2.05, 4.69) is 25.7 Å². The van der Waals surface area contributed by atoms with Gasteiger partial charge >= 0.3 is 6.18 Å². The maximum atomic E-state index is 13.3. The van der Waals surface area contributed by atoms with Gasteiger partial charge in [0, 0.05) is 61.9 Å². The summed E-state index contributed by atoms with van der Waals surface area (Å²) in [5, 5.41) is 8.64. The van der Waals surface area contributed by atoms with Crippen LogP contribution in [0.5, 0.6) is 0 Å². The Labute approximate surface area is 218 Å². The van der Waals surface area contributed by atoms with Crippen molar-refractivity contribution in [2.45, 2.75) is 30.5 Å². The van der Waals surface area contributed by atoms with E-state index in [1.165, 1.54) is 22.5 Å². The number of aromatic nitrogens is 4. The van der Waals surface area contributed by atoms with Crippen LogP contribution in [0, 0.1) is 0 Å². The number of amides is 1. The molecular formula is C21H21ClF5N7O3S. The van der Waals surface area contributed by atoms with E-state index in [-0.39, 0.29) is 45.8 Å². The van der Waals surface area contributed by atoms with Gasteiger partial charge in [0.05, 0.1) is 5.02 Å². The molecule has 3 aromatic rings. The summed E-state index contributed by atoms with van der Waals surface area (Å²) in [6.07, 6.45) is -6.16. The molecule has 0 bridgehead atoms. The summed E-state index contributed by atoms with van der Waals surface area (Å²) in [6, 6.07) is 3.86. The predicted octanol–water partition coefficient (Wildman–Crippen LogP) is 2.98. The van der Waals surface area contributed by atoms with E-state index in [1.54, 1.807) is 0 Å². The first-order valence-corrected chi connectivity index (χ1v) is 12.9. The fraction of sp³-hybridized carbons (Fsp3) is 0.381. The Morgan fingerprint density at radius 1 is 1.21 bits per heavy atom. The van der Waals surface area contributed by atoms with Crippen LogP contribution in [0.3, 0.4) is 0 Å². The van der Waals surface area contributed by atoms with Gasteiger partial charge in [-0.05, 0) is 18.2 Å². The lowest BCUT2D eigenvalue weighted by molar-refractivity contribution is -0.142. The van der Waals surface area contributed by atoms with E-state index >= 15 is 0 Å². The molecule has 206 valence electrons. The number of imidazole rings is 1. The zero-order valence-electron chi connectivity index (χ0n) is 19.4. The number of halogens is 6. The highest BCUT2D eigenvalue weighted by atomic mass is 35.5. The number of nitrogens with zero attached hydrogens (tertiary/aromatic N) is 4. The normalized spacial score (nSPS) is 15.2. The van der Waals surface area contributed by atoms with Crippen molar-refractivity contribution in [2.75, 3.05) is 31.5 Å². The first-order valence-electron chi connectivity index (χ1n) is 11.1. The van der Waals surface area contributed by atoms with E-state index in [4.69, 9.17) is 11.6 Å². The zero-order chi connectivity index (χ0) is 27.7. The number of carbonyl (C=O) groups excluding carboxylic acids is 1. The van der Waals surface area contributed by atoms with E-state index in [0.29, 0.717) is 17.8 Å². The summed E-state index contributed by atoms with van der Waals surface area (Å²) < 4.78 is 92.7. The Morgan fingerprint density at radius 2 is 1.92 bits per heavy atom. The van der Waals surface area contributed by atoms with E-state index < -0.39 is 47.2 Å². The minimum Gasteiger partial charge on any atom is -0.337 e. The zero-order valence-corrected chi connectivity index (χ0v) is 21.0. The average molecular weight is 582 g/mol. The van der Waals surface area contributed by atoms with Crippen LogP contribution in [0.25, 0.3) is 0 Å². The molecule has 3 N–H and O–H groups in total. The van der Waals surface area contributed by atoms with Crippen LogP contribution < -0.4 is 10.6 Å². The monoisotopic (exact) mass is 581 g/mol. The molecule has 10 nitrogen and oxygen atoms in total. The number of carbonyl (C=O) groups is 1. The van der Waals surface area contributed by atoms with Gasteiger partial charge in [-0.2, -0.15) is 22.6 Å². The van der Waals surface area contributed by atoms with Crippen LogP contribution in [0.15, 0.2) is 35.5 Å². The molecule has 0 saturated carbocycles. The number of sulfonamides is 1. The van der Waals surface area contributed by atoms with Gasteiger partial charge in [-0.25, -0.2) is 22.2 Å². The molecule has 1 amide bonds. The summed E-state index contributed by atoms with van der Waals surface area (Å²) >= 11 is 6.20. The Kier molecular flexibility index (Phi) is 8.06. The largest absolute Gasteiger partial charge is 0.435 e. The lowest BCUT2D eigenvalue weighted by Crippen LogP contribution is -2.46. The van der Waals surface area contributed by atoms with Crippen LogP contribution >= 0.6 is 11.6 Å². The molecule has 1 saturated heterocycles. The molecule has 1 aliphatic rings. The number of benzene rings is 1. The second-order valence-corrected chi connectivity index (χ2v) is 10.6. The van der Waals surface area contributed by atoms with Gasteiger partial charge < -0.3 is 15.6 Å². The minimum atomic E-state index is -4.87. The molecule has 0 atom stereocenters. The Balaban J connectivity index is 1.47. The average Bonchev–Trinajstić information content (AvgIpc) is 3.46. The molecule has 0 radical (unpaired) electrons. The molecule has 1 aromatic carbocycles. The molecule has 1 fully saturated rings. The van der Waals surface area contributed by atoms with Crippen molar-refractivity contribution < 1.29 is 35.2 Å². The van der Waals surface area contributed by atoms with Crippen LogP contribution in [0.2, 0.25) is 5.02 Å². The number of hydrogen-bond acceptors (Lipinski definition) is 6. The minimum absolute atomic E-state index is 0.104. The second kappa shape index (κ2) is 11.0. The lowest BCUT2D eigenvalue weighted by atomic mass is 10.1. The molecule has 0 aliphatic carbocycles. The molecular weight excluding hydrogens is 561 g/mol. The summed E-state index contributed by atoms with van der Waals surface area (Å²) in [7, 11) is -3.83. The van der Waals surface area contributed by atoms with Gasteiger partial charge in [-0.1, -0.05) is 11.6 Å². The summed E-state index contributed by atoms with van der Waals surface area (Å²) in [5.41, 5.74) is -1.43. The van der Waals surface area contributed by atoms with Crippen molar-refractivity contribution in [2.24, 2.45) is 0 Å². The summed E-state index contributed by atoms with van der Waals surface area (Å²) in [6.45, 7) is 0.583. The fourth-order valence-corrected chi connectivity index (χ4v) is 5.80. The molecule has 2 aromatic heterocycles. The van der Waals surface area contributed by atoms with Gasteiger partial charge in [0.15, 0.2) is 11.5 Å². The maximum absolute atomic E-state index is 13.3. The maximum Gasteiger partial charge on any atom is 0.435 e. The Morgan fingerprint density at radius 3 is 2.55 bits per heavy atom. The quantitative estimate of drug-likeness (QED) is 0.351. The van der Waals surface area contributed by atoms with Crippen LogP contribution in [0.1, 0.15) is 27.6 Å². The summed E-state index contributed by atoms with van der Waals surface area (Å²) in [4.78, 5) is 18.9. The molecule has 17 heteroatoms. The molecule has 0 spiro atoms. The van der Waals surface area contributed by atoms with Crippen molar-refractivity contribution in [1.29, 1.82) is 0 Å². The number of piperazine rings is 1. The topological polar surface area (TPSA) is 125 Å². The number of nitrogens with one attached hydrogen (secondary N) is 3. The third-order valence-corrected chi connectivity index (χ3v) is 7.92. The third kappa shape index (κ3) is 6.31. The SMILES string of the molecule is O=C(Nc1ccc(S(=O)(=O)N2CCNCC2)c(Cl)c1)c1ncc(Cc2cn(CC(F)F)nc2C(F)(F)F)[nH]1. The van der Waals surface area contributed by atoms with Crippen molar-refractivity contribution in [3.05, 3.63) is 58.4 Å². The number of rotatable bonds is 8. The first kappa shape index (κ1) is 27.9. The molecule has 0 unspecified atom stereocenters. The fourth-order valence-electron chi connectivity index (χ4n) is 3.84. The van der Waals surface area contributed by atoms with E-state index in [0.717, 1.165) is 12.4 Å². The van der Waals surface area contributed by atoms with Crippen LogP contribution in [-0.2, 0) is 29.2 Å². The summed E-state index contributed by atoms with van der Waals surface area (Å²) in [5.74, 6) is -1.02. The predicted molar refractivity (Wildman–Crippen MR) is 126 cm³/mol. The number of hydrogen-bond donors (Lipinski definition) is 3. The van der Waals surface area contributed by atoms with Crippen LogP contribution in [-0.4, -0.2) is 71.0 Å². The third-order valence-electron chi connectivity index (χ3n) is 5.54. The van der Waals surface area contributed by atoms with Gasteiger partial charge in [0.25, 0.3) is 12.3 Å². The number of aromatic amines is 1. The van der Waals surface area contributed by atoms with E-state index in [1.807, 2.05) is 0 Å². The van der Waals surface area contributed by atoms with Crippen molar-refractivity contribution >= 4 is 33.2 Å². The highest BCUT2D eigenvalue weighted by molar-refractivity contribution is 7.89. The first-order chi connectivity index (χ1) is 17.8. The number of H-pyrrole nitrogens is 1. The highest BCUT2D eigenvalue weighted by Crippen LogP contribution is 2.32. The Hall–Kier alpha value is -3.08. The van der Waals surface area contributed by atoms with Gasteiger partial charge in [0.2, 0.25) is 10.0 Å². The van der Waals surface area contributed by atoms with Crippen LogP contribution in [0.4, 0.5) is 27.6 Å². The smallest absolute Gasteiger partial charge is 0.337 e. The van der Waals surface area contributed by atoms with Crippen molar-refractivity contribution in [1.82, 2.24) is 29.4 Å². The second-order valence-electron chi connectivity index (χ2n) is 8.30. The highest BCUT2D eigenvalue weighted by Gasteiger charge is 2.37. The van der Waals surface area contributed by atoms with Gasteiger partial charge in [0.1, 0.15) is 11.4 Å². The molecule has 4 rings (SSSR count). The number of alkyl halides is 5. The van der Waals surface area contributed by atoms with Gasteiger partial charge in [-0.15, -0.1) is 0 Å². The van der Waals surface area contributed by atoms with Crippen molar-refractivity contribution in [3.63, 3.8) is 0 Å².